The molecular formula is C21H25NO5S. The van der Waals surface area contributed by atoms with Crippen LogP contribution in [0, 0.1) is 5.92 Å². The number of hydrogen-bond acceptors (Lipinski definition) is 6. The van der Waals surface area contributed by atoms with Gasteiger partial charge in [0.25, 0.3) is 5.91 Å². The molecule has 0 spiro atoms. The largest absolute Gasteiger partial charge is 0.497 e. The normalized spacial score (nSPS) is 15.5. The monoisotopic (exact) mass is 403 g/mol. The number of esters is 1. The first-order chi connectivity index (χ1) is 13.5. The van der Waals surface area contributed by atoms with Gasteiger partial charge in [-0.1, -0.05) is 13.3 Å². The van der Waals surface area contributed by atoms with E-state index in [4.69, 9.17) is 14.2 Å². The summed E-state index contributed by atoms with van der Waals surface area (Å²) in [4.78, 5) is 26.4. The van der Waals surface area contributed by atoms with Crippen molar-refractivity contribution in [3.8, 4) is 11.5 Å². The highest BCUT2D eigenvalue weighted by Gasteiger charge is 2.23. The highest BCUT2D eigenvalue weighted by Crippen LogP contribution is 2.34. The first kappa shape index (κ1) is 20.2. The first-order valence-electron chi connectivity index (χ1n) is 9.34. The van der Waals surface area contributed by atoms with Crippen LogP contribution in [0.2, 0.25) is 0 Å². The number of carbonyl (C=O) groups is 2. The van der Waals surface area contributed by atoms with Crippen molar-refractivity contribution < 1.29 is 23.8 Å². The van der Waals surface area contributed by atoms with E-state index >= 15 is 0 Å². The Labute approximate surface area is 168 Å². The van der Waals surface area contributed by atoms with Crippen LogP contribution < -0.4 is 14.8 Å². The number of benzene rings is 1. The Balaban J connectivity index is 1.56. The zero-order valence-corrected chi connectivity index (χ0v) is 17.2. The van der Waals surface area contributed by atoms with Gasteiger partial charge in [0, 0.05) is 10.9 Å². The molecule has 1 aromatic heterocycles. The van der Waals surface area contributed by atoms with Gasteiger partial charge in [-0.25, -0.2) is 4.79 Å². The fourth-order valence-corrected chi connectivity index (χ4v) is 4.44. The van der Waals surface area contributed by atoms with Gasteiger partial charge >= 0.3 is 5.97 Å². The lowest BCUT2D eigenvalue weighted by Crippen LogP contribution is -2.21. The number of anilines is 1. The summed E-state index contributed by atoms with van der Waals surface area (Å²) >= 11 is 1.48. The van der Waals surface area contributed by atoms with E-state index in [9.17, 15) is 9.59 Å². The van der Waals surface area contributed by atoms with Crippen LogP contribution in [0.5, 0.6) is 11.5 Å². The van der Waals surface area contributed by atoms with Crippen molar-refractivity contribution >= 4 is 28.9 Å². The van der Waals surface area contributed by atoms with Gasteiger partial charge < -0.3 is 19.5 Å². The van der Waals surface area contributed by atoms with Crippen molar-refractivity contribution in [1.29, 1.82) is 0 Å². The van der Waals surface area contributed by atoms with Crippen LogP contribution >= 0.6 is 11.3 Å². The molecular weight excluding hydrogens is 378 g/mol. The Morgan fingerprint density at radius 2 is 2.04 bits per heavy atom. The van der Waals surface area contributed by atoms with Gasteiger partial charge in [-0.2, -0.15) is 0 Å². The molecule has 0 unspecified atom stereocenters. The lowest BCUT2D eigenvalue weighted by atomic mass is 9.87. The van der Waals surface area contributed by atoms with Gasteiger partial charge in [-0.05, 0) is 48.9 Å². The van der Waals surface area contributed by atoms with Gasteiger partial charge in [0.05, 0.1) is 19.9 Å². The van der Waals surface area contributed by atoms with E-state index < -0.39 is 11.9 Å². The molecule has 1 aliphatic carbocycles. The molecule has 1 aromatic carbocycles. The van der Waals surface area contributed by atoms with Crippen molar-refractivity contribution in [3.05, 3.63) is 39.6 Å². The lowest BCUT2D eigenvalue weighted by Gasteiger charge is -2.19. The van der Waals surface area contributed by atoms with Crippen LogP contribution in [0.25, 0.3) is 0 Å². The number of aryl methyl sites for hydroxylation is 1. The topological polar surface area (TPSA) is 73.9 Å². The Kier molecular flexibility index (Phi) is 6.57. The minimum atomic E-state index is -0.454. The molecule has 0 radical (unpaired) electrons. The summed E-state index contributed by atoms with van der Waals surface area (Å²) in [6, 6.07) is 6.98. The fourth-order valence-electron chi connectivity index (χ4n) is 3.34. The third-order valence-electron chi connectivity index (χ3n) is 4.98. The van der Waals surface area contributed by atoms with Crippen LogP contribution in [0.3, 0.4) is 0 Å². The maximum absolute atomic E-state index is 12.3. The number of hydrogen-bond donors (Lipinski definition) is 1. The van der Waals surface area contributed by atoms with Crippen LogP contribution in [-0.4, -0.2) is 32.7 Å². The number of ether oxygens (including phenoxy) is 3. The number of amides is 1. The van der Waals surface area contributed by atoms with Crippen molar-refractivity contribution in [2.75, 3.05) is 26.1 Å². The molecule has 1 aliphatic rings. The minimum absolute atomic E-state index is 0.353. The smallest absolute Gasteiger partial charge is 0.348 e. The molecule has 0 bridgehead atoms. The first-order valence-corrected chi connectivity index (χ1v) is 10.2. The van der Waals surface area contributed by atoms with E-state index in [-0.39, 0.29) is 6.61 Å². The molecule has 3 rings (SSSR count). The number of rotatable bonds is 7. The van der Waals surface area contributed by atoms with E-state index in [1.807, 2.05) is 6.07 Å². The second-order valence-corrected chi connectivity index (χ2v) is 7.90. The Morgan fingerprint density at radius 3 is 2.75 bits per heavy atom. The van der Waals surface area contributed by atoms with E-state index in [1.54, 1.807) is 25.3 Å². The number of methoxy groups -OCH3 is 2. The molecule has 1 heterocycles. The average Bonchev–Trinajstić information content (AvgIpc) is 3.15. The van der Waals surface area contributed by atoms with Gasteiger partial charge in [-0.15, -0.1) is 11.3 Å². The maximum atomic E-state index is 12.3. The molecule has 0 saturated carbocycles. The third-order valence-corrected chi connectivity index (χ3v) is 6.20. The maximum Gasteiger partial charge on any atom is 0.348 e. The second-order valence-electron chi connectivity index (χ2n) is 6.77. The van der Waals surface area contributed by atoms with Crippen LogP contribution in [0.15, 0.2) is 24.3 Å². The van der Waals surface area contributed by atoms with Gasteiger partial charge in [0.2, 0.25) is 0 Å². The summed E-state index contributed by atoms with van der Waals surface area (Å²) in [5.41, 5.74) is 1.74. The van der Waals surface area contributed by atoms with Crippen molar-refractivity contribution in [3.63, 3.8) is 0 Å². The molecule has 2 aromatic rings. The van der Waals surface area contributed by atoms with E-state index in [2.05, 4.69) is 12.2 Å². The van der Waals surface area contributed by atoms with E-state index in [0.29, 0.717) is 28.0 Å². The summed E-state index contributed by atoms with van der Waals surface area (Å²) in [5.74, 6) is 0.897. The SMILES string of the molecule is CC[C@H]1CCc2sc(C(=O)OCC(=O)Nc3ccc(OC)cc3OC)cc2C1. The molecule has 0 fully saturated rings. The van der Waals surface area contributed by atoms with Crippen LogP contribution in [0.1, 0.15) is 39.9 Å². The summed E-state index contributed by atoms with van der Waals surface area (Å²) in [6.45, 7) is 1.85. The molecule has 6 nitrogen and oxygen atoms in total. The average molecular weight is 404 g/mol. The molecule has 0 saturated heterocycles. The molecule has 1 N–H and O–H groups in total. The highest BCUT2D eigenvalue weighted by atomic mass is 32.1. The number of nitrogens with one attached hydrogen (secondary N) is 1. The summed E-state index contributed by atoms with van der Waals surface area (Å²) < 4.78 is 15.6. The van der Waals surface area contributed by atoms with Gasteiger partial charge in [0.15, 0.2) is 6.61 Å². The van der Waals surface area contributed by atoms with Crippen molar-refractivity contribution in [2.24, 2.45) is 5.92 Å². The van der Waals surface area contributed by atoms with E-state index in [1.165, 1.54) is 35.3 Å². The van der Waals surface area contributed by atoms with Gasteiger partial charge in [-0.3, -0.25) is 4.79 Å². The second kappa shape index (κ2) is 9.10. The molecule has 1 atom stereocenters. The zero-order chi connectivity index (χ0) is 20.1. The highest BCUT2D eigenvalue weighted by molar-refractivity contribution is 7.14. The number of thiophene rings is 1. The summed E-state index contributed by atoms with van der Waals surface area (Å²) in [6.07, 6.45) is 4.37. The molecule has 28 heavy (non-hydrogen) atoms. The van der Waals surface area contributed by atoms with Crippen LogP contribution in [-0.2, 0) is 22.4 Å². The predicted octanol–water partition coefficient (Wildman–Crippen LogP) is 4.08. The molecule has 7 heteroatoms. The quantitative estimate of drug-likeness (QED) is 0.705. The summed E-state index contributed by atoms with van der Waals surface area (Å²) in [7, 11) is 3.06. The standard InChI is InChI=1S/C21H25NO5S/c1-4-13-5-8-18-14(9-13)10-19(28-18)21(24)27-12-20(23)22-16-7-6-15(25-2)11-17(16)26-3/h6-7,10-11,13H,4-5,8-9,12H2,1-3H3,(H,22,23)/t13-/m0/s1. The Morgan fingerprint density at radius 1 is 1.21 bits per heavy atom. The Hall–Kier alpha value is -2.54. The molecule has 150 valence electrons. The predicted molar refractivity (Wildman–Crippen MR) is 109 cm³/mol. The Bertz CT molecular complexity index is 860. The van der Waals surface area contributed by atoms with Gasteiger partial charge in [0.1, 0.15) is 16.4 Å². The van der Waals surface area contributed by atoms with Crippen molar-refractivity contribution in [1.82, 2.24) is 0 Å². The number of fused-ring (bicyclic) bond motifs is 1. The zero-order valence-electron chi connectivity index (χ0n) is 16.4. The van der Waals surface area contributed by atoms with Crippen molar-refractivity contribution in [2.45, 2.75) is 32.6 Å². The molecule has 1 amide bonds. The number of carbonyl (C=O) groups excluding carboxylic acids is 2. The minimum Gasteiger partial charge on any atom is -0.497 e. The van der Waals surface area contributed by atoms with Crippen LogP contribution in [0.4, 0.5) is 5.69 Å². The molecule has 0 aliphatic heterocycles. The third kappa shape index (κ3) is 4.65. The summed E-state index contributed by atoms with van der Waals surface area (Å²) in [5, 5.41) is 2.69. The lowest BCUT2D eigenvalue weighted by molar-refractivity contribution is -0.119. The van der Waals surface area contributed by atoms with E-state index in [0.717, 1.165) is 19.3 Å². The fraction of sp³-hybridized carbons (Fsp3) is 0.429.